The zero-order valence-electron chi connectivity index (χ0n) is 13.0. The highest BCUT2D eigenvalue weighted by Crippen LogP contribution is 2.11. The Balaban J connectivity index is 1.97. The van der Waals surface area contributed by atoms with E-state index in [4.69, 9.17) is 4.74 Å². The maximum absolute atomic E-state index is 11.8. The van der Waals surface area contributed by atoms with Crippen LogP contribution < -0.4 is 5.32 Å². The van der Waals surface area contributed by atoms with Crippen LogP contribution in [0.4, 0.5) is 4.79 Å². The van der Waals surface area contributed by atoms with Gasteiger partial charge in [-0.15, -0.1) is 0 Å². The van der Waals surface area contributed by atoms with Gasteiger partial charge in [-0.1, -0.05) is 6.42 Å². The van der Waals surface area contributed by atoms with Crippen molar-refractivity contribution in [1.29, 1.82) is 0 Å². The lowest BCUT2D eigenvalue weighted by atomic mass is 10.2. The van der Waals surface area contributed by atoms with E-state index in [-0.39, 0.29) is 12.0 Å². The number of ether oxygens (including phenoxy) is 1. The molecule has 1 saturated heterocycles. The molecule has 0 bridgehead atoms. The largest absolute Gasteiger partial charge is 0.444 e. The van der Waals surface area contributed by atoms with Crippen LogP contribution in [0.1, 0.15) is 59.3 Å². The minimum absolute atomic E-state index is 0.280. The van der Waals surface area contributed by atoms with Gasteiger partial charge in [0.05, 0.1) is 0 Å². The number of unbranched alkanes of at least 4 members (excludes halogenated alkanes) is 2. The summed E-state index contributed by atoms with van der Waals surface area (Å²) in [6.07, 6.45) is 5.28. The Morgan fingerprint density at radius 1 is 1.10 bits per heavy atom. The average molecular weight is 284 g/mol. The first kappa shape index (κ1) is 16.8. The summed E-state index contributed by atoms with van der Waals surface area (Å²) in [4.78, 5) is 25.1. The number of carbonyl (C=O) groups excluding carboxylic acids is 2. The van der Waals surface area contributed by atoms with Crippen molar-refractivity contribution >= 4 is 12.0 Å². The smallest absolute Gasteiger partial charge is 0.407 e. The van der Waals surface area contributed by atoms with Crippen LogP contribution in [-0.4, -0.2) is 42.1 Å². The van der Waals surface area contributed by atoms with E-state index in [0.29, 0.717) is 13.0 Å². The van der Waals surface area contributed by atoms with Crippen molar-refractivity contribution < 1.29 is 14.3 Å². The van der Waals surface area contributed by atoms with Crippen LogP contribution in [0.25, 0.3) is 0 Å². The summed E-state index contributed by atoms with van der Waals surface area (Å²) >= 11 is 0. The third-order valence-corrected chi connectivity index (χ3v) is 3.19. The second kappa shape index (κ2) is 8.12. The van der Waals surface area contributed by atoms with E-state index >= 15 is 0 Å². The molecule has 0 aromatic heterocycles. The summed E-state index contributed by atoms with van der Waals surface area (Å²) in [5, 5.41) is 2.73. The molecule has 2 amide bonds. The number of nitrogens with zero attached hydrogens (tertiary/aromatic N) is 1. The molecule has 0 saturated carbocycles. The van der Waals surface area contributed by atoms with Gasteiger partial charge in [-0.05, 0) is 46.5 Å². The molecule has 5 heteroatoms. The SMILES string of the molecule is CC(C)(C)OC(=O)NCCCCCC(=O)N1CCCC1. The summed E-state index contributed by atoms with van der Waals surface area (Å²) in [5.74, 6) is 0.280. The third-order valence-electron chi connectivity index (χ3n) is 3.19. The highest BCUT2D eigenvalue weighted by atomic mass is 16.6. The Kier molecular flexibility index (Phi) is 6.82. The third kappa shape index (κ3) is 7.36. The monoisotopic (exact) mass is 284 g/mol. The molecule has 0 unspecified atom stereocenters. The highest BCUT2D eigenvalue weighted by molar-refractivity contribution is 5.76. The summed E-state index contributed by atoms with van der Waals surface area (Å²) in [6, 6.07) is 0. The first-order valence-electron chi connectivity index (χ1n) is 7.63. The number of carbonyl (C=O) groups is 2. The van der Waals surface area contributed by atoms with Gasteiger partial charge >= 0.3 is 6.09 Å². The molecule has 1 aliphatic heterocycles. The lowest BCUT2D eigenvalue weighted by Gasteiger charge is -2.19. The number of amides is 2. The van der Waals surface area contributed by atoms with Crippen LogP contribution in [0.5, 0.6) is 0 Å². The molecule has 0 radical (unpaired) electrons. The Hall–Kier alpha value is -1.26. The van der Waals surface area contributed by atoms with Crippen LogP contribution in [0, 0.1) is 0 Å². The van der Waals surface area contributed by atoms with Crippen molar-refractivity contribution in [3.05, 3.63) is 0 Å². The van der Waals surface area contributed by atoms with Crippen molar-refractivity contribution in [2.45, 2.75) is 64.9 Å². The van der Waals surface area contributed by atoms with E-state index in [0.717, 1.165) is 45.2 Å². The van der Waals surface area contributed by atoms with Gasteiger partial charge in [-0.2, -0.15) is 0 Å². The summed E-state index contributed by atoms with van der Waals surface area (Å²) < 4.78 is 5.14. The Morgan fingerprint density at radius 2 is 1.75 bits per heavy atom. The van der Waals surface area contributed by atoms with E-state index in [2.05, 4.69) is 5.32 Å². The molecule has 1 aliphatic rings. The second-order valence-corrected chi connectivity index (χ2v) is 6.33. The van der Waals surface area contributed by atoms with Gasteiger partial charge < -0.3 is 15.0 Å². The molecular weight excluding hydrogens is 256 g/mol. The maximum Gasteiger partial charge on any atom is 0.407 e. The Labute approximate surface area is 122 Å². The van der Waals surface area contributed by atoms with Gasteiger partial charge in [-0.3, -0.25) is 4.79 Å². The maximum atomic E-state index is 11.8. The zero-order valence-corrected chi connectivity index (χ0v) is 13.0. The summed E-state index contributed by atoms with van der Waals surface area (Å²) in [5.41, 5.74) is -0.452. The fourth-order valence-electron chi connectivity index (χ4n) is 2.21. The van der Waals surface area contributed by atoms with E-state index < -0.39 is 5.60 Å². The highest BCUT2D eigenvalue weighted by Gasteiger charge is 2.17. The number of rotatable bonds is 6. The van der Waals surface area contributed by atoms with Gasteiger partial charge in [0.1, 0.15) is 5.60 Å². The minimum Gasteiger partial charge on any atom is -0.444 e. The molecule has 0 aliphatic carbocycles. The van der Waals surface area contributed by atoms with Gasteiger partial charge in [0, 0.05) is 26.1 Å². The Morgan fingerprint density at radius 3 is 2.35 bits per heavy atom. The van der Waals surface area contributed by atoms with Gasteiger partial charge in [0.15, 0.2) is 0 Å². The first-order chi connectivity index (χ1) is 9.38. The number of alkyl carbamates (subject to hydrolysis) is 1. The van der Waals surface area contributed by atoms with Crippen molar-refractivity contribution in [3.8, 4) is 0 Å². The topological polar surface area (TPSA) is 58.6 Å². The molecule has 1 fully saturated rings. The van der Waals surface area contributed by atoms with Crippen molar-refractivity contribution in [3.63, 3.8) is 0 Å². The van der Waals surface area contributed by atoms with Crippen LogP contribution in [0.2, 0.25) is 0 Å². The first-order valence-corrected chi connectivity index (χ1v) is 7.63. The van der Waals surface area contributed by atoms with Crippen LogP contribution in [0.15, 0.2) is 0 Å². The fraction of sp³-hybridized carbons (Fsp3) is 0.867. The predicted molar refractivity (Wildman–Crippen MR) is 78.5 cm³/mol. The van der Waals surface area contributed by atoms with Crippen LogP contribution >= 0.6 is 0 Å². The molecule has 0 atom stereocenters. The van der Waals surface area contributed by atoms with Gasteiger partial charge in [-0.25, -0.2) is 4.79 Å². The average Bonchev–Trinajstić information content (AvgIpc) is 2.84. The van der Waals surface area contributed by atoms with Crippen LogP contribution in [-0.2, 0) is 9.53 Å². The number of hydrogen-bond acceptors (Lipinski definition) is 3. The van der Waals surface area contributed by atoms with E-state index in [1.165, 1.54) is 0 Å². The lowest BCUT2D eigenvalue weighted by molar-refractivity contribution is -0.130. The molecular formula is C15H28N2O3. The molecule has 20 heavy (non-hydrogen) atoms. The van der Waals surface area contributed by atoms with E-state index in [9.17, 15) is 9.59 Å². The van der Waals surface area contributed by atoms with Crippen molar-refractivity contribution in [2.24, 2.45) is 0 Å². The number of hydrogen-bond donors (Lipinski definition) is 1. The zero-order chi connectivity index (χ0) is 15.0. The van der Waals surface area contributed by atoms with Crippen molar-refractivity contribution in [2.75, 3.05) is 19.6 Å². The quantitative estimate of drug-likeness (QED) is 0.763. The van der Waals surface area contributed by atoms with Crippen molar-refractivity contribution in [1.82, 2.24) is 10.2 Å². The molecule has 0 spiro atoms. The second-order valence-electron chi connectivity index (χ2n) is 6.33. The fourth-order valence-corrected chi connectivity index (χ4v) is 2.21. The molecule has 1 N–H and O–H groups in total. The standard InChI is InChI=1S/C15H28N2O3/c1-15(2,3)20-14(19)16-10-6-4-5-9-13(18)17-11-7-8-12-17/h4-12H2,1-3H3,(H,16,19). The Bertz CT molecular complexity index is 318. The van der Waals surface area contributed by atoms with E-state index in [1.807, 2.05) is 25.7 Å². The molecule has 0 aromatic carbocycles. The summed E-state index contributed by atoms with van der Waals surface area (Å²) in [7, 11) is 0. The molecule has 5 nitrogen and oxygen atoms in total. The number of likely N-dealkylation sites (tertiary alicyclic amines) is 1. The molecule has 1 rings (SSSR count). The molecule has 1 heterocycles. The predicted octanol–water partition coefficient (Wildman–Crippen LogP) is 2.69. The van der Waals surface area contributed by atoms with Gasteiger partial charge in [0.25, 0.3) is 0 Å². The minimum atomic E-state index is -0.452. The normalized spacial score (nSPS) is 15.2. The van der Waals surface area contributed by atoms with Gasteiger partial charge in [0.2, 0.25) is 5.91 Å². The molecule has 0 aromatic rings. The van der Waals surface area contributed by atoms with Crippen LogP contribution in [0.3, 0.4) is 0 Å². The number of nitrogens with one attached hydrogen (secondary N) is 1. The molecule has 116 valence electrons. The summed E-state index contributed by atoms with van der Waals surface area (Å²) in [6.45, 7) is 7.99. The lowest BCUT2D eigenvalue weighted by Crippen LogP contribution is -2.33. The van der Waals surface area contributed by atoms with E-state index in [1.54, 1.807) is 0 Å².